The lowest BCUT2D eigenvalue weighted by Gasteiger charge is -2.17. The van der Waals surface area contributed by atoms with Gasteiger partial charge in [0.25, 0.3) is 0 Å². The summed E-state index contributed by atoms with van der Waals surface area (Å²) in [4.78, 5) is 1.93. The maximum Gasteiger partial charge on any atom is 0.122 e. The molecule has 0 amide bonds. The Balaban J connectivity index is 2.77. The van der Waals surface area contributed by atoms with Crippen LogP contribution in [0.4, 0.5) is 5.69 Å². The highest BCUT2D eigenvalue weighted by molar-refractivity contribution is 5.95. The first-order valence-corrected chi connectivity index (χ1v) is 4.41. The predicted molar refractivity (Wildman–Crippen MR) is 57.8 cm³/mol. The summed E-state index contributed by atoms with van der Waals surface area (Å²) >= 11 is 0. The molecule has 0 aliphatic carbocycles. The molecule has 4 heteroatoms. The van der Waals surface area contributed by atoms with Gasteiger partial charge in [-0.3, -0.25) is 5.41 Å². The molecule has 0 bridgehead atoms. The van der Waals surface area contributed by atoms with Gasteiger partial charge in [0, 0.05) is 24.8 Å². The lowest BCUT2D eigenvalue weighted by molar-refractivity contribution is 0.304. The zero-order valence-corrected chi connectivity index (χ0v) is 8.20. The van der Waals surface area contributed by atoms with Gasteiger partial charge in [0.15, 0.2) is 0 Å². The minimum atomic E-state index is 0.0707. The fraction of sp³-hybridized carbons (Fsp3) is 0.300. The second-order valence-electron chi connectivity index (χ2n) is 3.11. The molecular formula is C10H15N3O. The smallest absolute Gasteiger partial charge is 0.122 e. The van der Waals surface area contributed by atoms with Crippen molar-refractivity contribution in [3.8, 4) is 0 Å². The van der Waals surface area contributed by atoms with Crippen LogP contribution in [0.25, 0.3) is 0 Å². The summed E-state index contributed by atoms with van der Waals surface area (Å²) < 4.78 is 0. The quantitative estimate of drug-likeness (QED) is 0.478. The van der Waals surface area contributed by atoms with Gasteiger partial charge in [-0.2, -0.15) is 0 Å². The summed E-state index contributed by atoms with van der Waals surface area (Å²) in [5.74, 6) is 0.0707. The van der Waals surface area contributed by atoms with Crippen LogP contribution in [0.15, 0.2) is 24.3 Å². The van der Waals surface area contributed by atoms with Crippen LogP contribution >= 0.6 is 0 Å². The third-order valence-corrected chi connectivity index (χ3v) is 2.05. The van der Waals surface area contributed by atoms with Crippen LogP contribution in [-0.2, 0) is 0 Å². The molecule has 0 fully saturated rings. The molecule has 76 valence electrons. The standard InChI is InChI=1S/C10H15N3O/c1-13(6-7-14)9-4-2-8(3-5-9)10(11)12/h2-5,14H,6-7H2,1H3,(H3,11,12). The van der Waals surface area contributed by atoms with Crippen molar-refractivity contribution in [2.75, 3.05) is 25.1 Å². The highest BCUT2D eigenvalue weighted by atomic mass is 16.3. The summed E-state index contributed by atoms with van der Waals surface area (Å²) in [6.45, 7) is 0.727. The van der Waals surface area contributed by atoms with Gasteiger partial charge >= 0.3 is 0 Å². The fourth-order valence-electron chi connectivity index (χ4n) is 1.17. The minimum Gasteiger partial charge on any atom is -0.395 e. The van der Waals surface area contributed by atoms with Crippen LogP contribution in [0.2, 0.25) is 0 Å². The number of nitrogens with two attached hydrogens (primary N) is 1. The molecule has 4 N–H and O–H groups in total. The number of hydrogen-bond donors (Lipinski definition) is 3. The number of hydrogen-bond acceptors (Lipinski definition) is 3. The minimum absolute atomic E-state index is 0.0707. The zero-order valence-electron chi connectivity index (χ0n) is 8.20. The Hall–Kier alpha value is -1.55. The Labute approximate surface area is 83.5 Å². The van der Waals surface area contributed by atoms with Gasteiger partial charge in [0.05, 0.1) is 6.61 Å². The van der Waals surface area contributed by atoms with Crippen molar-refractivity contribution >= 4 is 11.5 Å². The first kappa shape index (κ1) is 10.5. The van der Waals surface area contributed by atoms with Crippen molar-refractivity contribution in [1.29, 1.82) is 5.41 Å². The van der Waals surface area contributed by atoms with E-state index in [1.54, 1.807) is 12.1 Å². The van der Waals surface area contributed by atoms with E-state index < -0.39 is 0 Å². The maximum absolute atomic E-state index is 8.75. The van der Waals surface area contributed by atoms with Crippen LogP contribution in [0, 0.1) is 5.41 Å². The van der Waals surface area contributed by atoms with E-state index in [-0.39, 0.29) is 12.4 Å². The predicted octanol–water partition coefficient (Wildman–Crippen LogP) is 0.399. The van der Waals surface area contributed by atoms with Gasteiger partial charge in [-0.05, 0) is 24.3 Å². The fourth-order valence-corrected chi connectivity index (χ4v) is 1.17. The maximum atomic E-state index is 8.75. The molecule has 0 saturated carbocycles. The average Bonchev–Trinajstić information content (AvgIpc) is 2.18. The molecule has 0 radical (unpaired) electrons. The lowest BCUT2D eigenvalue weighted by Crippen LogP contribution is -2.21. The highest BCUT2D eigenvalue weighted by Gasteiger charge is 2.00. The lowest BCUT2D eigenvalue weighted by atomic mass is 10.2. The van der Waals surface area contributed by atoms with Crippen molar-refractivity contribution in [2.24, 2.45) is 5.73 Å². The molecule has 0 saturated heterocycles. The Morgan fingerprint density at radius 1 is 1.43 bits per heavy atom. The first-order valence-electron chi connectivity index (χ1n) is 4.41. The summed E-state index contributed by atoms with van der Waals surface area (Å²) in [6.07, 6.45) is 0. The Morgan fingerprint density at radius 2 is 2.00 bits per heavy atom. The number of aliphatic hydroxyl groups is 1. The van der Waals surface area contributed by atoms with Gasteiger partial charge in [-0.1, -0.05) is 0 Å². The zero-order chi connectivity index (χ0) is 10.6. The van der Waals surface area contributed by atoms with E-state index in [0.29, 0.717) is 12.1 Å². The number of benzene rings is 1. The molecule has 0 aliphatic heterocycles. The third kappa shape index (κ3) is 2.47. The molecule has 1 aromatic rings. The van der Waals surface area contributed by atoms with Crippen LogP contribution < -0.4 is 10.6 Å². The molecule has 0 aliphatic rings. The topological polar surface area (TPSA) is 73.3 Å². The molecule has 0 unspecified atom stereocenters. The van der Waals surface area contributed by atoms with Crippen LogP contribution in [0.3, 0.4) is 0 Å². The van der Waals surface area contributed by atoms with E-state index in [9.17, 15) is 0 Å². The number of nitrogens with one attached hydrogen (secondary N) is 1. The molecule has 4 nitrogen and oxygen atoms in total. The molecule has 0 atom stereocenters. The van der Waals surface area contributed by atoms with Crippen molar-refractivity contribution in [2.45, 2.75) is 0 Å². The summed E-state index contributed by atoms with van der Waals surface area (Å²) in [7, 11) is 1.90. The van der Waals surface area contributed by atoms with Crippen molar-refractivity contribution in [3.63, 3.8) is 0 Å². The SMILES string of the molecule is CN(CCO)c1ccc(C(=N)N)cc1. The Kier molecular flexibility index (Phi) is 3.48. The highest BCUT2D eigenvalue weighted by Crippen LogP contribution is 2.12. The normalized spacial score (nSPS) is 9.86. The second-order valence-corrected chi connectivity index (χ2v) is 3.11. The molecule has 1 rings (SSSR count). The molecule has 1 aromatic carbocycles. The van der Waals surface area contributed by atoms with E-state index in [2.05, 4.69) is 0 Å². The van der Waals surface area contributed by atoms with Gasteiger partial charge < -0.3 is 15.7 Å². The first-order chi connectivity index (χ1) is 6.65. The van der Waals surface area contributed by atoms with Crippen molar-refractivity contribution in [3.05, 3.63) is 29.8 Å². The van der Waals surface area contributed by atoms with Crippen molar-refractivity contribution < 1.29 is 5.11 Å². The molecule has 14 heavy (non-hydrogen) atoms. The van der Waals surface area contributed by atoms with E-state index >= 15 is 0 Å². The summed E-state index contributed by atoms with van der Waals surface area (Å²) in [5, 5.41) is 16.0. The van der Waals surface area contributed by atoms with Gasteiger partial charge in [-0.15, -0.1) is 0 Å². The van der Waals surface area contributed by atoms with E-state index in [1.807, 2.05) is 24.1 Å². The Morgan fingerprint density at radius 3 is 2.43 bits per heavy atom. The van der Waals surface area contributed by atoms with Gasteiger partial charge in [-0.25, -0.2) is 0 Å². The molecule has 0 spiro atoms. The van der Waals surface area contributed by atoms with Crippen molar-refractivity contribution in [1.82, 2.24) is 0 Å². The van der Waals surface area contributed by atoms with Crippen LogP contribution in [0.1, 0.15) is 5.56 Å². The molecule has 0 heterocycles. The summed E-state index contributed by atoms with van der Waals surface area (Å²) in [5.41, 5.74) is 7.05. The molecule has 0 aromatic heterocycles. The monoisotopic (exact) mass is 193 g/mol. The Bertz CT molecular complexity index is 308. The average molecular weight is 193 g/mol. The largest absolute Gasteiger partial charge is 0.395 e. The number of nitrogens with zero attached hydrogens (tertiary/aromatic N) is 1. The number of amidine groups is 1. The molecular weight excluding hydrogens is 178 g/mol. The van der Waals surface area contributed by atoms with Crippen LogP contribution in [-0.4, -0.2) is 31.1 Å². The number of nitrogen functional groups attached to an aromatic ring is 1. The number of aliphatic hydroxyl groups excluding tert-OH is 1. The second kappa shape index (κ2) is 4.62. The number of anilines is 1. The number of likely N-dealkylation sites (N-methyl/N-ethyl adjacent to an activating group) is 1. The third-order valence-electron chi connectivity index (χ3n) is 2.05. The van der Waals surface area contributed by atoms with E-state index in [1.165, 1.54) is 0 Å². The van der Waals surface area contributed by atoms with Gasteiger partial charge in [0.1, 0.15) is 5.84 Å². The number of rotatable bonds is 4. The van der Waals surface area contributed by atoms with E-state index in [0.717, 1.165) is 5.69 Å². The van der Waals surface area contributed by atoms with Crippen LogP contribution in [0.5, 0.6) is 0 Å². The van der Waals surface area contributed by atoms with E-state index in [4.69, 9.17) is 16.2 Å². The summed E-state index contributed by atoms with van der Waals surface area (Å²) in [6, 6.07) is 7.36. The van der Waals surface area contributed by atoms with Gasteiger partial charge in [0.2, 0.25) is 0 Å².